The SMILES string of the molecule is COc1cccc(N2C(=O)C(=O)/C(=C(\O)c3ccncc3)C2c2sccc2C)c1. The zero-order valence-corrected chi connectivity index (χ0v) is 16.6. The second-order valence-corrected chi connectivity index (χ2v) is 7.52. The molecule has 0 aliphatic carbocycles. The van der Waals surface area contributed by atoms with Gasteiger partial charge in [0.1, 0.15) is 17.6 Å². The molecule has 146 valence electrons. The molecule has 2 aromatic heterocycles. The van der Waals surface area contributed by atoms with Crippen molar-refractivity contribution in [3.05, 3.63) is 81.8 Å². The van der Waals surface area contributed by atoms with E-state index in [1.54, 1.807) is 36.4 Å². The van der Waals surface area contributed by atoms with Crippen LogP contribution in [0, 0.1) is 6.92 Å². The van der Waals surface area contributed by atoms with Gasteiger partial charge in [-0.3, -0.25) is 19.5 Å². The molecule has 1 N–H and O–H groups in total. The van der Waals surface area contributed by atoms with Crippen LogP contribution in [0.1, 0.15) is 22.0 Å². The van der Waals surface area contributed by atoms with Crippen molar-refractivity contribution in [2.24, 2.45) is 0 Å². The lowest BCUT2D eigenvalue weighted by atomic mass is 9.98. The van der Waals surface area contributed by atoms with E-state index in [1.165, 1.54) is 35.7 Å². The topological polar surface area (TPSA) is 79.7 Å². The van der Waals surface area contributed by atoms with Crippen LogP contribution in [-0.2, 0) is 9.59 Å². The normalized spacial score (nSPS) is 18.3. The number of hydrogen-bond donors (Lipinski definition) is 1. The number of aliphatic hydroxyl groups excluding tert-OH is 1. The summed E-state index contributed by atoms with van der Waals surface area (Å²) < 4.78 is 5.28. The quantitative estimate of drug-likeness (QED) is 0.401. The first-order valence-electron chi connectivity index (χ1n) is 8.92. The van der Waals surface area contributed by atoms with Crippen molar-refractivity contribution in [1.82, 2.24) is 4.98 Å². The molecule has 0 spiro atoms. The van der Waals surface area contributed by atoms with E-state index in [-0.39, 0.29) is 11.3 Å². The molecule has 3 aromatic rings. The maximum atomic E-state index is 13.1. The summed E-state index contributed by atoms with van der Waals surface area (Å²) in [6.07, 6.45) is 3.05. The molecule has 1 amide bonds. The van der Waals surface area contributed by atoms with Crippen molar-refractivity contribution in [1.29, 1.82) is 0 Å². The number of ketones is 1. The van der Waals surface area contributed by atoms with Gasteiger partial charge in [-0.15, -0.1) is 11.3 Å². The fraction of sp³-hybridized carbons (Fsp3) is 0.136. The number of thiophene rings is 1. The Hall–Kier alpha value is -3.45. The molecule has 1 unspecified atom stereocenters. The van der Waals surface area contributed by atoms with Gasteiger partial charge in [0.15, 0.2) is 0 Å². The third kappa shape index (κ3) is 3.19. The monoisotopic (exact) mass is 406 g/mol. The Balaban J connectivity index is 1.95. The molecule has 0 saturated carbocycles. The van der Waals surface area contributed by atoms with E-state index in [1.807, 2.05) is 18.4 Å². The minimum Gasteiger partial charge on any atom is -0.507 e. The second-order valence-electron chi connectivity index (χ2n) is 6.57. The molecule has 1 atom stereocenters. The Morgan fingerprint density at radius 3 is 2.59 bits per heavy atom. The van der Waals surface area contributed by atoms with E-state index in [2.05, 4.69) is 4.98 Å². The van der Waals surface area contributed by atoms with Crippen LogP contribution in [0.25, 0.3) is 5.76 Å². The number of aliphatic hydroxyl groups is 1. The molecule has 29 heavy (non-hydrogen) atoms. The molecule has 0 radical (unpaired) electrons. The maximum absolute atomic E-state index is 13.1. The van der Waals surface area contributed by atoms with Crippen molar-refractivity contribution in [2.45, 2.75) is 13.0 Å². The number of benzene rings is 1. The van der Waals surface area contributed by atoms with Gasteiger partial charge in [0.05, 0.1) is 12.7 Å². The highest BCUT2D eigenvalue weighted by Crippen LogP contribution is 2.45. The number of amides is 1. The number of methoxy groups -OCH3 is 1. The molecular weight excluding hydrogens is 388 g/mol. The van der Waals surface area contributed by atoms with Crippen LogP contribution in [0.4, 0.5) is 5.69 Å². The highest BCUT2D eigenvalue weighted by molar-refractivity contribution is 7.10. The van der Waals surface area contributed by atoms with Gasteiger partial charge in [-0.25, -0.2) is 0 Å². The van der Waals surface area contributed by atoms with E-state index < -0.39 is 17.7 Å². The Bertz CT molecular complexity index is 1120. The van der Waals surface area contributed by atoms with Crippen LogP contribution in [0.15, 0.2) is 65.8 Å². The third-order valence-corrected chi connectivity index (χ3v) is 5.95. The highest BCUT2D eigenvalue weighted by atomic mass is 32.1. The number of carbonyl (C=O) groups is 2. The van der Waals surface area contributed by atoms with Crippen LogP contribution < -0.4 is 9.64 Å². The van der Waals surface area contributed by atoms with Gasteiger partial charge >= 0.3 is 0 Å². The average Bonchev–Trinajstić information content (AvgIpc) is 3.28. The Morgan fingerprint density at radius 1 is 1.17 bits per heavy atom. The number of ether oxygens (including phenoxy) is 1. The van der Waals surface area contributed by atoms with Crippen molar-refractivity contribution in [3.63, 3.8) is 0 Å². The summed E-state index contributed by atoms with van der Waals surface area (Å²) in [7, 11) is 1.54. The fourth-order valence-electron chi connectivity index (χ4n) is 3.44. The summed E-state index contributed by atoms with van der Waals surface area (Å²) in [6, 6.07) is 11.4. The number of aromatic nitrogens is 1. The van der Waals surface area contributed by atoms with E-state index >= 15 is 0 Å². The molecule has 1 aliphatic rings. The first kappa shape index (κ1) is 18.9. The molecule has 3 heterocycles. The highest BCUT2D eigenvalue weighted by Gasteiger charge is 2.48. The van der Waals surface area contributed by atoms with E-state index in [0.717, 1.165) is 10.4 Å². The van der Waals surface area contributed by atoms with Crippen molar-refractivity contribution < 1.29 is 19.4 Å². The summed E-state index contributed by atoms with van der Waals surface area (Å²) in [5.41, 5.74) is 1.96. The smallest absolute Gasteiger partial charge is 0.300 e. The minimum absolute atomic E-state index is 0.0644. The van der Waals surface area contributed by atoms with Gasteiger partial charge in [0.25, 0.3) is 11.7 Å². The van der Waals surface area contributed by atoms with Crippen molar-refractivity contribution in [2.75, 3.05) is 12.0 Å². The molecule has 1 aliphatic heterocycles. The number of Topliss-reactive ketones (excluding diaryl/α,β-unsaturated/α-hetero) is 1. The van der Waals surface area contributed by atoms with Crippen LogP contribution in [0.2, 0.25) is 0 Å². The molecule has 4 rings (SSSR count). The summed E-state index contributed by atoms with van der Waals surface area (Å²) in [5, 5.41) is 12.9. The number of carbonyl (C=O) groups excluding carboxylic acids is 2. The Kier molecular flexibility index (Phi) is 4.90. The first-order chi connectivity index (χ1) is 14.0. The molecule has 1 saturated heterocycles. The summed E-state index contributed by atoms with van der Waals surface area (Å²) >= 11 is 1.44. The zero-order valence-electron chi connectivity index (χ0n) is 15.8. The zero-order chi connectivity index (χ0) is 20.5. The molecule has 1 fully saturated rings. The summed E-state index contributed by atoms with van der Waals surface area (Å²) in [4.78, 5) is 32.3. The fourth-order valence-corrected chi connectivity index (χ4v) is 4.46. The van der Waals surface area contributed by atoms with Gasteiger partial charge in [-0.2, -0.15) is 0 Å². The molecule has 6 nitrogen and oxygen atoms in total. The van der Waals surface area contributed by atoms with Crippen molar-refractivity contribution >= 4 is 34.5 Å². The Morgan fingerprint density at radius 2 is 1.93 bits per heavy atom. The lowest BCUT2D eigenvalue weighted by Crippen LogP contribution is -2.29. The third-order valence-electron chi connectivity index (χ3n) is 4.88. The van der Waals surface area contributed by atoms with Gasteiger partial charge in [-0.05, 0) is 48.2 Å². The van der Waals surface area contributed by atoms with Gasteiger partial charge in [0.2, 0.25) is 0 Å². The molecule has 0 bridgehead atoms. The van der Waals surface area contributed by atoms with Crippen LogP contribution >= 0.6 is 11.3 Å². The van der Waals surface area contributed by atoms with E-state index in [9.17, 15) is 14.7 Å². The first-order valence-corrected chi connectivity index (χ1v) is 9.80. The van der Waals surface area contributed by atoms with Crippen LogP contribution in [0.3, 0.4) is 0 Å². The largest absolute Gasteiger partial charge is 0.507 e. The van der Waals surface area contributed by atoms with Crippen LogP contribution in [-0.4, -0.2) is 28.9 Å². The average molecular weight is 406 g/mol. The minimum atomic E-state index is -0.727. The number of aryl methyl sites for hydroxylation is 1. The number of hydrogen-bond acceptors (Lipinski definition) is 6. The van der Waals surface area contributed by atoms with Crippen LogP contribution in [0.5, 0.6) is 5.75 Å². The number of nitrogens with zero attached hydrogens (tertiary/aromatic N) is 2. The number of pyridine rings is 1. The van der Waals surface area contributed by atoms with E-state index in [4.69, 9.17) is 4.74 Å². The van der Waals surface area contributed by atoms with Gasteiger partial charge < -0.3 is 9.84 Å². The van der Waals surface area contributed by atoms with Gasteiger partial charge in [-0.1, -0.05) is 6.07 Å². The maximum Gasteiger partial charge on any atom is 0.300 e. The molecule has 7 heteroatoms. The van der Waals surface area contributed by atoms with Crippen molar-refractivity contribution in [3.8, 4) is 5.75 Å². The predicted octanol–water partition coefficient (Wildman–Crippen LogP) is 4.09. The summed E-state index contributed by atoms with van der Waals surface area (Å²) in [6.45, 7) is 1.92. The second kappa shape index (κ2) is 7.52. The van der Waals surface area contributed by atoms with E-state index in [0.29, 0.717) is 17.0 Å². The number of anilines is 1. The Labute approximate surface area is 171 Å². The standard InChI is InChI=1S/C22H18N2O4S/c1-13-8-11-29-21(13)18-17(19(25)14-6-9-23-10-7-14)20(26)22(27)24(18)15-4-3-5-16(12-15)28-2/h3-12,18,25H,1-2H3/b19-17-. The molecular formula is C22H18N2O4S. The number of rotatable bonds is 4. The lowest BCUT2D eigenvalue weighted by molar-refractivity contribution is -0.132. The lowest BCUT2D eigenvalue weighted by Gasteiger charge is -2.25. The van der Waals surface area contributed by atoms with Gasteiger partial charge in [0, 0.05) is 34.6 Å². The predicted molar refractivity (Wildman–Crippen MR) is 111 cm³/mol. The summed E-state index contributed by atoms with van der Waals surface area (Å²) in [5.74, 6) is -1.05. The molecule has 1 aromatic carbocycles.